The van der Waals surface area contributed by atoms with E-state index in [0.29, 0.717) is 12.8 Å². The average molecular weight is 1110 g/mol. The summed E-state index contributed by atoms with van der Waals surface area (Å²) in [4.78, 5) is 26.5. The first-order chi connectivity index (χ1) is 38.7. The lowest BCUT2D eigenvalue weighted by Crippen LogP contribution is -2.61. The van der Waals surface area contributed by atoms with Gasteiger partial charge in [-0.3, -0.25) is 9.59 Å². The summed E-state index contributed by atoms with van der Waals surface area (Å²) in [6.07, 6.45) is 61.9. The number of allylic oxidation sites excluding steroid dienone is 13. The lowest BCUT2D eigenvalue weighted by molar-refractivity contribution is -0.305. The molecule has 0 bridgehead atoms. The molecule has 8 atom stereocenters. The zero-order chi connectivity index (χ0) is 57.5. The minimum atomic E-state index is -1.62. The number of hydrogen-bond donors (Lipinski definition) is 6. The Morgan fingerprint density at radius 2 is 0.911 bits per heavy atom. The number of esters is 1. The maximum Gasteiger partial charge on any atom is 0.306 e. The fourth-order valence-corrected chi connectivity index (χ4v) is 9.67. The van der Waals surface area contributed by atoms with E-state index in [1.807, 2.05) is 6.08 Å². The molecule has 6 N–H and O–H groups in total. The fourth-order valence-electron chi connectivity index (χ4n) is 9.67. The molecule has 0 radical (unpaired) electrons. The Morgan fingerprint density at radius 3 is 1.38 bits per heavy atom. The van der Waals surface area contributed by atoms with Crippen molar-refractivity contribution in [2.75, 3.05) is 13.2 Å². The van der Waals surface area contributed by atoms with Crippen LogP contribution in [0.25, 0.3) is 0 Å². The summed E-state index contributed by atoms with van der Waals surface area (Å²) in [5, 5.41) is 57.0. The highest BCUT2D eigenvalue weighted by Gasteiger charge is 2.47. The SMILES string of the molecule is CC/C=C\C/C=C\C/C=C\C/C=C\C/C=C\CCCCCCCCCCCC(=O)OC1C(OCC(NC(=O)C(O)CCCC/C=C\CCCCCCCC)C(O)/C=C/CCCCCCCCCCCCC)OC(CO)C(O)C1O. The molecular formula is C68H119NO10. The molecule has 1 saturated heterocycles. The number of amides is 1. The van der Waals surface area contributed by atoms with Crippen molar-refractivity contribution in [3.05, 3.63) is 85.1 Å². The molecule has 1 rings (SSSR count). The van der Waals surface area contributed by atoms with Crippen LogP contribution in [0.3, 0.4) is 0 Å². The zero-order valence-corrected chi connectivity index (χ0v) is 50.5. The number of ether oxygens (including phenoxy) is 3. The number of aliphatic hydroxyl groups is 5. The minimum Gasteiger partial charge on any atom is -0.454 e. The Morgan fingerprint density at radius 1 is 0.506 bits per heavy atom. The van der Waals surface area contributed by atoms with Crippen molar-refractivity contribution in [2.45, 2.75) is 320 Å². The summed E-state index contributed by atoms with van der Waals surface area (Å²) in [5.74, 6) is -1.22. The van der Waals surface area contributed by atoms with Crippen LogP contribution in [0.1, 0.15) is 271 Å². The minimum absolute atomic E-state index is 0.111. The van der Waals surface area contributed by atoms with Gasteiger partial charge in [0, 0.05) is 6.42 Å². The molecule has 1 amide bonds. The number of nitrogens with one attached hydrogen (secondary N) is 1. The third kappa shape index (κ3) is 43.2. The summed E-state index contributed by atoms with van der Waals surface area (Å²) in [6, 6.07) is -1.04. The first kappa shape index (κ1) is 73.9. The van der Waals surface area contributed by atoms with E-state index < -0.39 is 67.4 Å². The van der Waals surface area contributed by atoms with Crippen molar-refractivity contribution in [3.8, 4) is 0 Å². The molecule has 0 aromatic carbocycles. The van der Waals surface area contributed by atoms with Crippen molar-refractivity contribution in [1.82, 2.24) is 5.32 Å². The highest BCUT2D eigenvalue weighted by atomic mass is 16.7. The van der Waals surface area contributed by atoms with Crippen molar-refractivity contribution in [1.29, 1.82) is 0 Å². The second-order valence-electron chi connectivity index (χ2n) is 22.1. The first-order valence-electron chi connectivity index (χ1n) is 32.4. The van der Waals surface area contributed by atoms with Gasteiger partial charge in [-0.1, -0.05) is 254 Å². The van der Waals surface area contributed by atoms with Gasteiger partial charge in [0.1, 0.15) is 24.4 Å². The summed E-state index contributed by atoms with van der Waals surface area (Å²) in [6.45, 7) is 5.66. The number of hydrogen-bond acceptors (Lipinski definition) is 10. The Labute approximate surface area is 483 Å². The van der Waals surface area contributed by atoms with Crippen LogP contribution in [-0.2, 0) is 23.8 Å². The third-order valence-corrected chi connectivity index (χ3v) is 14.8. The third-order valence-electron chi connectivity index (χ3n) is 14.8. The van der Waals surface area contributed by atoms with Crippen molar-refractivity contribution in [3.63, 3.8) is 0 Å². The molecule has 1 heterocycles. The van der Waals surface area contributed by atoms with Gasteiger partial charge in [0.15, 0.2) is 12.4 Å². The van der Waals surface area contributed by atoms with E-state index in [9.17, 15) is 35.1 Å². The summed E-state index contributed by atoms with van der Waals surface area (Å²) in [7, 11) is 0. The second kappa shape index (κ2) is 55.4. The lowest BCUT2D eigenvalue weighted by Gasteiger charge is -2.41. The van der Waals surface area contributed by atoms with Gasteiger partial charge in [-0.15, -0.1) is 0 Å². The highest BCUT2D eigenvalue weighted by molar-refractivity contribution is 5.80. The smallest absolute Gasteiger partial charge is 0.306 e. The van der Waals surface area contributed by atoms with Crippen molar-refractivity contribution >= 4 is 11.9 Å². The molecule has 11 heteroatoms. The average Bonchev–Trinajstić information content (AvgIpc) is 3.48. The van der Waals surface area contributed by atoms with Gasteiger partial charge in [0.2, 0.25) is 5.91 Å². The quantitative estimate of drug-likeness (QED) is 0.0195. The largest absolute Gasteiger partial charge is 0.454 e. The Hall–Kier alpha value is -3.16. The van der Waals surface area contributed by atoms with Gasteiger partial charge >= 0.3 is 5.97 Å². The van der Waals surface area contributed by atoms with Crippen LogP contribution in [0.15, 0.2) is 85.1 Å². The van der Waals surface area contributed by atoms with Crippen LogP contribution in [0.4, 0.5) is 0 Å². The van der Waals surface area contributed by atoms with Crippen molar-refractivity contribution < 1.29 is 49.3 Å². The molecule has 0 saturated carbocycles. The first-order valence-corrected chi connectivity index (χ1v) is 32.4. The number of carbonyl (C=O) groups is 2. The van der Waals surface area contributed by atoms with E-state index in [4.69, 9.17) is 14.2 Å². The Bertz CT molecular complexity index is 1610. The topological polar surface area (TPSA) is 175 Å². The van der Waals surface area contributed by atoms with E-state index in [1.165, 1.54) is 122 Å². The van der Waals surface area contributed by atoms with Gasteiger partial charge in [-0.25, -0.2) is 0 Å². The lowest BCUT2D eigenvalue weighted by atomic mass is 9.99. The van der Waals surface area contributed by atoms with E-state index in [2.05, 4.69) is 99.0 Å². The standard InChI is InChI=1S/C68H119NO10/c1-4-7-10-13-16-19-22-25-26-27-28-29-30-31-32-33-34-35-36-38-41-44-47-50-53-56-63(73)79-66-65(75)64(74)62(57-70)78-68(66)77-58-59(60(71)54-51-48-45-42-40-37-23-20-17-14-11-8-5-2)69-67(76)61(72)55-52-49-46-43-39-24-21-18-15-12-9-6-3/h7,10,16,19,25-26,28-29,31-32,39,43,51,54,59-62,64-66,68,70-72,74-75H,4-6,8-9,11-15,17-18,20-24,27,30,33-38,40-42,44-50,52-53,55-58H2,1-3H3,(H,69,76)/b10-7-,19-16-,26-25-,29-28-,32-31-,43-39-,54-51+. The van der Waals surface area contributed by atoms with Gasteiger partial charge in [0.25, 0.3) is 0 Å². The molecule has 0 spiro atoms. The maximum absolute atomic E-state index is 13.4. The molecule has 1 fully saturated rings. The summed E-state index contributed by atoms with van der Waals surface area (Å²) >= 11 is 0. The zero-order valence-electron chi connectivity index (χ0n) is 50.5. The van der Waals surface area contributed by atoms with Gasteiger partial charge in [-0.05, 0) is 96.3 Å². The van der Waals surface area contributed by atoms with Crippen LogP contribution < -0.4 is 5.32 Å². The highest BCUT2D eigenvalue weighted by Crippen LogP contribution is 2.26. The van der Waals surface area contributed by atoms with Gasteiger partial charge < -0.3 is 45.1 Å². The van der Waals surface area contributed by atoms with Gasteiger partial charge in [0.05, 0.1) is 25.4 Å². The number of carbonyl (C=O) groups excluding carboxylic acids is 2. The van der Waals surface area contributed by atoms with E-state index in [1.54, 1.807) is 6.08 Å². The van der Waals surface area contributed by atoms with Crippen LogP contribution in [0.5, 0.6) is 0 Å². The van der Waals surface area contributed by atoms with Crippen LogP contribution in [0, 0.1) is 0 Å². The monoisotopic (exact) mass is 1110 g/mol. The molecule has 1 aliphatic heterocycles. The van der Waals surface area contributed by atoms with Crippen LogP contribution in [-0.4, -0.2) is 99.6 Å². The Kier molecular flexibility index (Phi) is 51.8. The number of unbranched alkanes of at least 4 members (excludes halogenated alkanes) is 28. The summed E-state index contributed by atoms with van der Waals surface area (Å²) in [5.41, 5.74) is 0. The van der Waals surface area contributed by atoms with E-state index in [0.717, 1.165) is 103 Å². The molecule has 79 heavy (non-hydrogen) atoms. The molecule has 0 aromatic heterocycles. The maximum atomic E-state index is 13.4. The Balaban J connectivity index is 2.62. The summed E-state index contributed by atoms with van der Waals surface area (Å²) < 4.78 is 17.6. The molecule has 8 unspecified atom stereocenters. The van der Waals surface area contributed by atoms with Crippen LogP contribution >= 0.6 is 0 Å². The number of rotatable bonds is 54. The second-order valence-corrected chi connectivity index (χ2v) is 22.1. The van der Waals surface area contributed by atoms with E-state index in [-0.39, 0.29) is 19.4 Å². The predicted molar refractivity (Wildman–Crippen MR) is 329 cm³/mol. The van der Waals surface area contributed by atoms with Crippen LogP contribution in [0.2, 0.25) is 0 Å². The van der Waals surface area contributed by atoms with E-state index >= 15 is 0 Å². The normalized spacial score (nSPS) is 19.4. The molecule has 1 aliphatic rings. The molecule has 456 valence electrons. The number of aliphatic hydroxyl groups excluding tert-OH is 5. The van der Waals surface area contributed by atoms with Gasteiger partial charge in [-0.2, -0.15) is 0 Å². The fraction of sp³-hybridized carbons (Fsp3) is 0.765. The predicted octanol–water partition coefficient (Wildman–Crippen LogP) is 15.7. The molecular weight excluding hydrogens is 991 g/mol. The molecule has 0 aromatic rings. The molecule has 0 aliphatic carbocycles. The molecule has 11 nitrogen and oxygen atoms in total. The van der Waals surface area contributed by atoms with Crippen molar-refractivity contribution in [2.24, 2.45) is 0 Å².